The van der Waals surface area contributed by atoms with E-state index in [9.17, 15) is 0 Å². The first-order chi connectivity index (χ1) is 8.15. The number of rotatable bonds is 6. The minimum Gasteiger partial charge on any atom is -0.399 e. The first-order valence-electron chi connectivity index (χ1n) is 6.71. The van der Waals surface area contributed by atoms with Crippen LogP contribution < -0.4 is 11.1 Å². The molecule has 0 heterocycles. The Hall–Kier alpha value is -1.02. The summed E-state index contributed by atoms with van der Waals surface area (Å²) in [5.41, 5.74) is 9.86. The van der Waals surface area contributed by atoms with Crippen LogP contribution in [-0.2, 0) is 6.54 Å². The van der Waals surface area contributed by atoms with Crippen LogP contribution in [0.2, 0.25) is 0 Å². The SMILES string of the molecule is CCCC1(CNCc2ccc(N)c(C)c2)CC1. The second kappa shape index (κ2) is 5.09. The number of hydrogen-bond donors (Lipinski definition) is 2. The average molecular weight is 232 g/mol. The molecule has 2 rings (SSSR count). The molecule has 0 bridgehead atoms. The Bertz CT molecular complexity index is 381. The first-order valence-corrected chi connectivity index (χ1v) is 6.71. The predicted molar refractivity (Wildman–Crippen MR) is 73.9 cm³/mol. The first kappa shape index (κ1) is 12.4. The molecule has 3 N–H and O–H groups in total. The van der Waals surface area contributed by atoms with Gasteiger partial charge in [-0.15, -0.1) is 0 Å². The zero-order valence-electron chi connectivity index (χ0n) is 11.1. The molecule has 1 fully saturated rings. The molecule has 0 aromatic heterocycles. The number of anilines is 1. The van der Waals surface area contributed by atoms with E-state index in [-0.39, 0.29) is 0 Å². The van der Waals surface area contributed by atoms with Crippen molar-refractivity contribution in [3.05, 3.63) is 29.3 Å². The monoisotopic (exact) mass is 232 g/mol. The van der Waals surface area contributed by atoms with Gasteiger partial charge in [0.05, 0.1) is 0 Å². The molecule has 0 atom stereocenters. The van der Waals surface area contributed by atoms with Gasteiger partial charge in [0, 0.05) is 18.8 Å². The lowest BCUT2D eigenvalue weighted by atomic mass is 10.0. The maximum atomic E-state index is 5.82. The fourth-order valence-corrected chi connectivity index (χ4v) is 2.54. The van der Waals surface area contributed by atoms with Gasteiger partial charge in [0.2, 0.25) is 0 Å². The molecule has 0 radical (unpaired) electrons. The molecule has 0 aliphatic heterocycles. The van der Waals surface area contributed by atoms with E-state index in [1.54, 1.807) is 0 Å². The summed E-state index contributed by atoms with van der Waals surface area (Å²) in [6.45, 7) is 6.48. The van der Waals surface area contributed by atoms with Crippen molar-refractivity contribution in [3.63, 3.8) is 0 Å². The van der Waals surface area contributed by atoms with Crippen LogP contribution in [0.3, 0.4) is 0 Å². The Kier molecular flexibility index (Phi) is 3.72. The number of nitrogens with two attached hydrogens (primary N) is 1. The number of hydrogen-bond acceptors (Lipinski definition) is 2. The summed E-state index contributed by atoms with van der Waals surface area (Å²) in [6.07, 6.45) is 5.51. The largest absolute Gasteiger partial charge is 0.399 e. The van der Waals surface area contributed by atoms with Crippen LogP contribution in [0.5, 0.6) is 0 Å². The van der Waals surface area contributed by atoms with Gasteiger partial charge in [0.1, 0.15) is 0 Å². The fraction of sp³-hybridized carbons (Fsp3) is 0.600. The molecule has 1 aliphatic rings. The van der Waals surface area contributed by atoms with Gasteiger partial charge in [-0.1, -0.05) is 25.5 Å². The van der Waals surface area contributed by atoms with Crippen LogP contribution in [-0.4, -0.2) is 6.54 Å². The van der Waals surface area contributed by atoms with E-state index in [2.05, 4.69) is 31.3 Å². The Labute approximate surface area is 105 Å². The summed E-state index contributed by atoms with van der Waals surface area (Å²) in [5, 5.41) is 3.60. The van der Waals surface area contributed by atoms with Gasteiger partial charge >= 0.3 is 0 Å². The lowest BCUT2D eigenvalue weighted by molar-refractivity contribution is 0.421. The smallest absolute Gasteiger partial charge is 0.0343 e. The molecule has 1 aromatic carbocycles. The quantitative estimate of drug-likeness (QED) is 0.739. The molecule has 0 unspecified atom stereocenters. The van der Waals surface area contributed by atoms with E-state index in [0.717, 1.165) is 12.2 Å². The van der Waals surface area contributed by atoms with Gasteiger partial charge in [-0.2, -0.15) is 0 Å². The van der Waals surface area contributed by atoms with E-state index < -0.39 is 0 Å². The van der Waals surface area contributed by atoms with Crippen molar-refractivity contribution < 1.29 is 0 Å². The average Bonchev–Trinajstić information content (AvgIpc) is 3.04. The van der Waals surface area contributed by atoms with Crippen LogP contribution in [0.4, 0.5) is 5.69 Å². The molecule has 1 saturated carbocycles. The molecule has 0 spiro atoms. The second-order valence-electron chi connectivity index (χ2n) is 5.54. The minimum absolute atomic E-state index is 0.637. The predicted octanol–water partition coefficient (Wildman–Crippen LogP) is 3.25. The molecule has 94 valence electrons. The Morgan fingerprint density at radius 2 is 2.12 bits per heavy atom. The molecule has 2 heteroatoms. The molecular formula is C15H24N2. The zero-order valence-corrected chi connectivity index (χ0v) is 11.1. The lowest BCUT2D eigenvalue weighted by Gasteiger charge is -2.15. The maximum Gasteiger partial charge on any atom is 0.0343 e. The summed E-state index contributed by atoms with van der Waals surface area (Å²) >= 11 is 0. The number of benzene rings is 1. The Morgan fingerprint density at radius 3 is 2.71 bits per heavy atom. The van der Waals surface area contributed by atoms with Crippen molar-refractivity contribution in [2.75, 3.05) is 12.3 Å². The van der Waals surface area contributed by atoms with Crippen molar-refractivity contribution in [1.29, 1.82) is 0 Å². The van der Waals surface area contributed by atoms with E-state index in [0.29, 0.717) is 5.41 Å². The van der Waals surface area contributed by atoms with Gasteiger partial charge in [-0.25, -0.2) is 0 Å². The third-order valence-electron chi connectivity index (χ3n) is 3.90. The molecule has 0 amide bonds. The van der Waals surface area contributed by atoms with E-state index in [1.165, 1.54) is 43.4 Å². The summed E-state index contributed by atoms with van der Waals surface area (Å²) in [7, 11) is 0. The summed E-state index contributed by atoms with van der Waals surface area (Å²) in [5.74, 6) is 0. The van der Waals surface area contributed by atoms with Crippen molar-refractivity contribution in [2.45, 2.75) is 46.1 Å². The minimum atomic E-state index is 0.637. The highest BCUT2D eigenvalue weighted by Gasteiger charge is 2.40. The number of aryl methyl sites for hydroxylation is 1. The Balaban J connectivity index is 1.80. The van der Waals surface area contributed by atoms with Crippen LogP contribution in [0, 0.1) is 12.3 Å². The summed E-state index contributed by atoms with van der Waals surface area (Å²) in [4.78, 5) is 0. The summed E-state index contributed by atoms with van der Waals surface area (Å²) < 4.78 is 0. The third-order valence-corrected chi connectivity index (χ3v) is 3.90. The van der Waals surface area contributed by atoms with Crippen LogP contribution in [0.15, 0.2) is 18.2 Å². The number of nitrogens with one attached hydrogen (secondary N) is 1. The molecule has 2 nitrogen and oxygen atoms in total. The molecule has 17 heavy (non-hydrogen) atoms. The molecule has 0 saturated heterocycles. The topological polar surface area (TPSA) is 38.0 Å². The van der Waals surface area contributed by atoms with Crippen molar-refractivity contribution in [1.82, 2.24) is 5.32 Å². The van der Waals surface area contributed by atoms with Gasteiger partial charge in [-0.05, 0) is 48.8 Å². The fourth-order valence-electron chi connectivity index (χ4n) is 2.54. The van der Waals surface area contributed by atoms with E-state index >= 15 is 0 Å². The molecule has 1 aromatic rings. The van der Waals surface area contributed by atoms with Gasteiger partial charge in [0.25, 0.3) is 0 Å². The number of nitrogen functional groups attached to an aromatic ring is 1. The van der Waals surface area contributed by atoms with Gasteiger partial charge in [0.15, 0.2) is 0 Å². The lowest BCUT2D eigenvalue weighted by Crippen LogP contribution is -2.23. The highest BCUT2D eigenvalue weighted by Crippen LogP contribution is 2.48. The molecular weight excluding hydrogens is 208 g/mol. The van der Waals surface area contributed by atoms with Gasteiger partial charge in [-0.3, -0.25) is 0 Å². The Morgan fingerprint density at radius 1 is 1.35 bits per heavy atom. The van der Waals surface area contributed by atoms with E-state index in [4.69, 9.17) is 5.73 Å². The van der Waals surface area contributed by atoms with Crippen molar-refractivity contribution in [2.24, 2.45) is 5.41 Å². The standard InChI is InChI=1S/C15H24N2/c1-3-6-15(7-8-15)11-17-10-13-4-5-14(16)12(2)9-13/h4-5,9,17H,3,6-8,10-11,16H2,1-2H3. The molecule has 1 aliphatic carbocycles. The normalized spacial score (nSPS) is 17.1. The van der Waals surface area contributed by atoms with Gasteiger partial charge < -0.3 is 11.1 Å². The third kappa shape index (κ3) is 3.22. The second-order valence-corrected chi connectivity index (χ2v) is 5.54. The highest BCUT2D eigenvalue weighted by molar-refractivity contribution is 5.47. The van der Waals surface area contributed by atoms with Crippen LogP contribution in [0.25, 0.3) is 0 Å². The van der Waals surface area contributed by atoms with Crippen LogP contribution >= 0.6 is 0 Å². The zero-order chi connectivity index (χ0) is 12.3. The van der Waals surface area contributed by atoms with Crippen LogP contribution in [0.1, 0.15) is 43.7 Å². The van der Waals surface area contributed by atoms with Crippen molar-refractivity contribution in [3.8, 4) is 0 Å². The van der Waals surface area contributed by atoms with E-state index in [1.807, 2.05) is 6.07 Å². The maximum absolute atomic E-state index is 5.82. The summed E-state index contributed by atoms with van der Waals surface area (Å²) in [6, 6.07) is 6.31. The highest BCUT2D eigenvalue weighted by atomic mass is 14.9. The van der Waals surface area contributed by atoms with Crippen molar-refractivity contribution >= 4 is 5.69 Å².